The monoisotopic (exact) mass is 405 g/mol. The van der Waals surface area contributed by atoms with Gasteiger partial charge < -0.3 is 14.2 Å². The number of thiazole rings is 1. The van der Waals surface area contributed by atoms with Crippen LogP contribution in [0.15, 0.2) is 66.0 Å². The molecule has 0 bridgehead atoms. The number of benzene rings is 3. The number of nitrogens with zero attached hydrogens (tertiary/aromatic N) is 1. The lowest BCUT2D eigenvalue weighted by molar-refractivity contribution is 0.0468. The number of rotatable bonds is 6. The summed E-state index contributed by atoms with van der Waals surface area (Å²) in [6.45, 7) is 0.120. The number of fused-ring (bicyclic) bond motifs is 1. The molecule has 0 aliphatic rings. The Hall–Kier alpha value is -3.38. The van der Waals surface area contributed by atoms with Crippen LogP contribution in [0, 0.1) is 0 Å². The van der Waals surface area contributed by atoms with Gasteiger partial charge in [0.1, 0.15) is 11.6 Å². The van der Waals surface area contributed by atoms with E-state index in [1.807, 2.05) is 60.0 Å². The molecule has 0 saturated heterocycles. The zero-order chi connectivity index (χ0) is 20.2. The Bertz CT molecular complexity index is 1170. The quantitative estimate of drug-likeness (QED) is 0.406. The molecule has 1 heterocycles. The minimum absolute atomic E-state index is 0.120. The van der Waals surface area contributed by atoms with Crippen molar-refractivity contribution in [2.24, 2.45) is 0 Å². The van der Waals surface area contributed by atoms with Crippen molar-refractivity contribution in [3.05, 3.63) is 77.3 Å². The Morgan fingerprint density at radius 1 is 0.931 bits per heavy atom. The third kappa shape index (κ3) is 4.07. The molecule has 0 spiro atoms. The summed E-state index contributed by atoms with van der Waals surface area (Å²) < 4.78 is 16.1. The van der Waals surface area contributed by atoms with Crippen molar-refractivity contribution < 1.29 is 19.0 Å². The molecule has 5 nitrogen and oxygen atoms in total. The van der Waals surface area contributed by atoms with E-state index in [0.29, 0.717) is 22.8 Å². The number of carbonyl (C=O) groups is 1. The van der Waals surface area contributed by atoms with Crippen LogP contribution in [0.4, 0.5) is 0 Å². The van der Waals surface area contributed by atoms with Gasteiger partial charge in [-0.2, -0.15) is 0 Å². The summed E-state index contributed by atoms with van der Waals surface area (Å²) in [7, 11) is 3.20. The molecule has 1 aromatic heterocycles. The smallest absolute Gasteiger partial charge is 0.338 e. The van der Waals surface area contributed by atoms with Crippen molar-refractivity contribution in [1.82, 2.24) is 4.98 Å². The minimum atomic E-state index is -0.364. The van der Waals surface area contributed by atoms with Crippen LogP contribution in [0.2, 0.25) is 0 Å². The molecule has 0 N–H and O–H groups in total. The Morgan fingerprint density at radius 3 is 2.52 bits per heavy atom. The van der Waals surface area contributed by atoms with Gasteiger partial charge in [0.2, 0.25) is 0 Å². The average molecular weight is 405 g/mol. The lowest BCUT2D eigenvalue weighted by Gasteiger charge is -2.08. The van der Waals surface area contributed by atoms with Gasteiger partial charge in [0.25, 0.3) is 0 Å². The van der Waals surface area contributed by atoms with Gasteiger partial charge in [-0.1, -0.05) is 30.3 Å². The van der Waals surface area contributed by atoms with Gasteiger partial charge in [0, 0.05) is 10.9 Å². The largest absolute Gasteiger partial charge is 0.493 e. The van der Waals surface area contributed by atoms with Crippen molar-refractivity contribution >= 4 is 28.1 Å². The van der Waals surface area contributed by atoms with Crippen LogP contribution < -0.4 is 9.47 Å². The second-order valence-electron chi connectivity index (χ2n) is 6.35. The standard InChI is InChI=1S/C23H19NO4S/c1-26-20-10-9-17(12-21(20)27-2)22-24-19(14-29-22)13-28-23(25)18-8-7-15-5-3-4-6-16(15)11-18/h3-12,14H,13H2,1-2H3. The van der Waals surface area contributed by atoms with Crippen molar-refractivity contribution in [3.63, 3.8) is 0 Å². The highest BCUT2D eigenvalue weighted by Gasteiger charge is 2.12. The number of ether oxygens (including phenoxy) is 3. The molecule has 4 aromatic rings. The zero-order valence-electron chi connectivity index (χ0n) is 16.0. The highest BCUT2D eigenvalue weighted by molar-refractivity contribution is 7.13. The number of carbonyl (C=O) groups excluding carboxylic acids is 1. The number of methoxy groups -OCH3 is 2. The van der Waals surface area contributed by atoms with Crippen LogP contribution >= 0.6 is 11.3 Å². The normalized spacial score (nSPS) is 10.7. The molecular weight excluding hydrogens is 386 g/mol. The number of hydrogen-bond acceptors (Lipinski definition) is 6. The van der Waals surface area contributed by atoms with Gasteiger partial charge in [-0.3, -0.25) is 0 Å². The molecule has 0 radical (unpaired) electrons. The first-order valence-corrected chi connectivity index (χ1v) is 9.88. The zero-order valence-corrected chi connectivity index (χ0v) is 16.9. The molecule has 0 aliphatic carbocycles. The molecule has 6 heteroatoms. The van der Waals surface area contributed by atoms with E-state index in [9.17, 15) is 4.79 Å². The SMILES string of the molecule is COc1ccc(-c2nc(COC(=O)c3ccc4ccccc4c3)cs2)cc1OC. The first-order chi connectivity index (χ1) is 14.2. The third-order valence-electron chi connectivity index (χ3n) is 4.52. The molecule has 29 heavy (non-hydrogen) atoms. The lowest BCUT2D eigenvalue weighted by atomic mass is 10.1. The number of esters is 1. The summed E-state index contributed by atoms with van der Waals surface area (Å²) in [4.78, 5) is 17.0. The Labute approximate surface area is 172 Å². The Kier molecular flexibility index (Phi) is 5.44. The molecule has 0 amide bonds. The molecule has 146 valence electrons. The van der Waals surface area contributed by atoms with Gasteiger partial charge in [0.15, 0.2) is 11.5 Å². The fourth-order valence-electron chi connectivity index (χ4n) is 3.01. The summed E-state index contributed by atoms with van der Waals surface area (Å²) in [6.07, 6.45) is 0. The Balaban J connectivity index is 1.45. The van der Waals surface area contributed by atoms with Crippen LogP contribution in [0.25, 0.3) is 21.3 Å². The van der Waals surface area contributed by atoms with E-state index in [4.69, 9.17) is 14.2 Å². The first-order valence-electron chi connectivity index (χ1n) is 9.00. The van der Waals surface area contributed by atoms with E-state index < -0.39 is 0 Å². The van der Waals surface area contributed by atoms with Gasteiger partial charge in [0.05, 0.1) is 25.5 Å². The van der Waals surface area contributed by atoms with Crippen LogP contribution in [-0.4, -0.2) is 25.2 Å². The summed E-state index contributed by atoms with van der Waals surface area (Å²) in [5.74, 6) is 0.943. The highest BCUT2D eigenvalue weighted by atomic mass is 32.1. The van der Waals surface area contributed by atoms with Crippen molar-refractivity contribution in [1.29, 1.82) is 0 Å². The number of aromatic nitrogens is 1. The molecule has 3 aromatic carbocycles. The van der Waals surface area contributed by atoms with Crippen molar-refractivity contribution in [2.45, 2.75) is 6.61 Å². The summed E-state index contributed by atoms with van der Waals surface area (Å²) in [6, 6.07) is 19.1. The molecule has 0 fully saturated rings. The van der Waals surface area contributed by atoms with E-state index >= 15 is 0 Å². The van der Waals surface area contributed by atoms with Gasteiger partial charge in [-0.25, -0.2) is 9.78 Å². The summed E-state index contributed by atoms with van der Waals surface area (Å²) in [5, 5.41) is 4.80. The van der Waals surface area contributed by atoms with E-state index in [-0.39, 0.29) is 12.6 Å². The first kappa shape index (κ1) is 19.0. The highest BCUT2D eigenvalue weighted by Crippen LogP contribution is 2.33. The predicted octanol–water partition coefficient (Wildman–Crippen LogP) is 5.34. The molecule has 0 saturated carbocycles. The van der Waals surface area contributed by atoms with Gasteiger partial charge >= 0.3 is 5.97 Å². The second kappa shape index (κ2) is 8.32. The van der Waals surface area contributed by atoms with Crippen LogP contribution in [0.1, 0.15) is 16.1 Å². The maximum atomic E-state index is 12.4. The van der Waals surface area contributed by atoms with Crippen LogP contribution in [-0.2, 0) is 11.3 Å². The van der Waals surface area contributed by atoms with Gasteiger partial charge in [-0.15, -0.1) is 11.3 Å². The molecule has 0 atom stereocenters. The molecule has 0 aliphatic heterocycles. The summed E-state index contributed by atoms with van der Waals surface area (Å²) in [5.41, 5.74) is 2.15. The predicted molar refractivity (Wildman–Crippen MR) is 114 cm³/mol. The van der Waals surface area contributed by atoms with Crippen LogP contribution in [0.5, 0.6) is 11.5 Å². The van der Waals surface area contributed by atoms with E-state index in [0.717, 1.165) is 21.3 Å². The number of hydrogen-bond donors (Lipinski definition) is 0. The van der Waals surface area contributed by atoms with Crippen LogP contribution in [0.3, 0.4) is 0 Å². The average Bonchev–Trinajstić information content (AvgIpc) is 3.25. The fourth-order valence-corrected chi connectivity index (χ4v) is 3.82. The van der Waals surface area contributed by atoms with E-state index in [1.165, 1.54) is 11.3 Å². The molecular formula is C23H19NO4S. The van der Waals surface area contributed by atoms with E-state index in [1.54, 1.807) is 20.3 Å². The maximum Gasteiger partial charge on any atom is 0.338 e. The third-order valence-corrected chi connectivity index (χ3v) is 5.46. The maximum absolute atomic E-state index is 12.4. The van der Waals surface area contributed by atoms with Crippen molar-refractivity contribution in [3.8, 4) is 22.1 Å². The second-order valence-corrected chi connectivity index (χ2v) is 7.21. The lowest BCUT2D eigenvalue weighted by Crippen LogP contribution is -2.05. The van der Waals surface area contributed by atoms with Crippen molar-refractivity contribution in [2.75, 3.05) is 14.2 Å². The van der Waals surface area contributed by atoms with E-state index in [2.05, 4.69) is 4.98 Å². The molecule has 4 rings (SSSR count). The van der Waals surface area contributed by atoms with Gasteiger partial charge in [-0.05, 0) is 41.1 Å². The summed E-state index contributed by atoms with van der Waals surface area (Å²) >= 11 is 1.49. The minimum Gasteiger partial charge on any atom is -0.493 e. The topological polar surface area (TPSA) is 57.7 Å². The Morgan fingerprint density at radius 2 is 1.72 bits per heavy atom. The molecule has 0 unspecified atom stereocenters. The fraction of sp³-hybridized carbons (Fsp3) is 0.130.